The van der Waals surface area contributed by atoms with Crippen molar-refractivity contribution in [1.29, 1.82) is 0 Å². The fourth-order valence-electron chi connectivity index (χ4n) is 3.30. The maximum Gasteiger partial charge on any atom is 0.256 e. The summed E-state index contributed by atoms with van der Waals surface area (Å²) in [6, 6.07) is 3.98. The molecule has 1 aliphatic carbocycles. The minimum absolute atomic E-state index is 0.160. The molecule has 0 bridgehead atoms. The Morgan fingerprint density at radius 2 is 2.10 bits per heavy atom. The summed E-state index contributed by atoms with van der Waals surface area (Å²) in [4.78, 5) is 21.8. The molecule has 10 heteroatoms. The molecule has 0 spiro atoms. The molecule has 0 atom stereocenters. The van der Waals surface area contributed by atoms with E-state index in [1.54, 1.807) is 31.1 Å². The minimum atomic E-state index is -0.160. The van der Waals surface area contributed by atoms with E-state index in [1.807, 2.05) is 19.1 Å². The zero-order valence-corrected chi connectivity index (χ0v) is 17.9. The second-order valence-electron chi connectivity index (χ2n) is 7.50. The van der Waals surface area contributed by atoms with Gasteiger partial charge in [-0.3, -0.25) is 4.79 Å². The van der Waals surface area contributed by atoms with Crippen LogP contribution in [-0.4, -0.2) is 58.9 Å². The van der Waals surface area contributed by atoms with E-state index in [4.69, 9.17) is 9.47 Å². The van der Waals surface area contributed by atoms with Crippen LogP contribution in [0.5, 0.6) is 5.88 Å². The molecule has 3 aromatic heterocycles. The first kappa shape index (κ1) is 20.9. The molecule has 1 aliphatic rings. The van der Waals surface area contributed by atoms with Crippen LogP contribution in [0.1, 0.15) is 35.2 Å². The van der Waals surface area contributed by atoms with E-state index in [0.717, 1.165) is 24.8 Å². The summed E-state index contributed by atoms with van der Waals surface area (Å²) in [6.45, 7) is 2.79. The average molecular weight is 425 g/mol. The number of nitrogens with one attached hydrogen (secondary N) is 3. The Hall–Kier alpha value is -3.40. The third-order valence-electron chi connectivity index (χ3n) is 5.19. The zero-order valence-electron chi connectivity index (χ0n) is 17.9. The molecular weight excluding hydrogens is 398 g/mol. The van der Waals surface area contributed by atoms with E-state index < -0.39 is 0 Å². The van der Waals surface area contributed by atoms with Crippen LogP contribution in [0, 0.1) is 6.92 Å². The van der Waals surface area contributed by atoms with Crippen LogP contribution in [-0.2, 0) is 4.74 Å². The largest absolute Gasteiger partial charge is 0.474 e. The lowest BCUT2D eigenvalue weighted by atomic mass is 9.93. The van der Waals surface area contributed by atoms with E-state index in [1.165, 1.54) is 0 Å². The van der Waals surface area contributed by atoms with Gasteiger partial charge >= 0.3 is 0 Å². The van der Waals surface area contributed by atoms with Crippen LogP contribution in [0.4, 0.5) is 17.3 Å². The van der Waals surface area contributed by atoms with Gasteiger partial charge in [-0.1, -0.05) is 0 Å². The van der Waals surface area contributed by atoms with E-state index in [-0.39, 0.29) is 11.9 Å². The number of carbonyl (C=O) groups is 1. The number of nitrogens with zero attached hydrogens (tertiary/aromatic N) is 4. The molecule has 1 amide bonds. The maximum atomic E-state index is 12.8. The number of hydrogen-bond acceptors (Lipinski definition) is 8. The fraction of sp³-hybridized carbons (Fsp3) is 0.429. The lowest BCUT2D eigenvalue weighted by Crippen LogP contribution is -2.39. The first-order valence-electron chi connectivity index (χ1n) is 10.3. The number of rotatable bonds is 9. The number of ether oxygens (including phenoxy) is 2. The normalized spacial score (nSPS) is 13.6. The lowest BCUT2D eigenvalue weighted by molar-refractivity contribution is 0.0918. The molecule has 0 unspecified atom stereocenters. The predicted octanol–water partition coefficient (Wildman–Crippen LogP) is 2.53. The molecular formula is C21H27N7O3. The molecule has 0 saturated heterocycles. The van der Waals surface area contributed by atoms with Crippen LogP contribution in [0.25, 0.3) is 5.65 Å². The quantitative estimate of drug-likeness (QED) is 0.448. The standard InChI is InChI=1S/C21H27N7O3/c1-13-9-16(21(23-11-13)31-8-7-30-3)26-17-10-18(22-2)28-19(27-17)15(12-24-28)20(29)25-14-5-4-6-14/h9-12,14,22H,4-8H2,1-3H3,(H,25,29)(H,26,27). The number of anilines is 3. The topological polar surface area (TPSA) is 115 Å². The zero-order chi connectivity index (χ0) is 21.8. The van der Waals surface area contributed by atoms with Crippen molar-refractivity contribution in [1.82, 2.24) is 24.9 Å². The van der Waals surface area contributed by atoms with Crippen molar-refractivity contribution >= 4 is 28.9 Å². The number of hydrogen-bond donors (Lipinski definition) is 3. The average Bonchev–Trinajstić information content (AvgIpc) is 3.16. The van der Waals surface area contributed by atoms with Gasteiger partial charge in [-0.2, -0.15) is 9.61 Å². The van der Waals surface area contributed by atoms with Crippen molar-refractivity contribution in [2.75, 3.05) is 38.0 Å². The van der Waals surface area contributed by atoms with E-state index in [0.29, 0.717) is 47.6 Å². The number of methoxy groups -OCH3 is 1. The highest BCUT2D eigenvalue weighted by atomic mass is 16.5. The fourth-order valence-corrected chi connectivity index (χ4v) is 3.30. The highest BCUT2D eigenvalue weighted by Crippen LogP contribution is 2.28. The van der Waals surface area contributed by atoms with Gasteiger partial charge in [-0.15, -0.1) is 0 Å². The Morgan fingerprint density at radius 3 is 2.81 bits per heavy atom. The first-order chi connectivity index (χ1) is 15.1. The van der Waals surface area contributed by atoms with Crippen LogP contribution >= 0.6 is 0 Å². The summed E-state index contributed by atoms with van der Waals surface area (Å²) in [7, 11) is 3.41. The number of aryl methyl sites for hydroxylation is 1. The van der Waals surface area contributed by atoms with E-state index in [2.05, 4.69) is 31.0 Å². The van der Waals surface area contributed by atoms with Crippen LogP contribution < -0.4 is 20.7 Å². The maximum absolute atomic E-state index is 12.8. The van der Waals surface area contributed by atoms with E-state index in [9.17, 15) is 4.79 Å². The van der Waals surface area contributed by atoms with E-state index >= 15 is 0 Å². The van der Waals surface area contributed by atoms with Gasteiger partial charge in [-0.05, 0) is 37.8 Å². The number of fused-ring (bicyclic) bond motifs is 1. The smallest absolute Gasteiger partial charge is 0.256 e. The molecule has 0 aliphatic heterocycles. The molecule has 3 aromatic rings. The lowest BCUT2D eigenvalue weighted by Gasteiger charge is -2.26. The molecule has 31 heavy (non-hydrogen) atoms. The van der Waals surface area contributed by atoms with Crippen LogP contribution in [0.2, 0.25) is 0 Å². The Morgan fingerprint density at radius 1 is 1.26 bits per heavy atom. The Balaban J connectivity index is 1.65. The van der Waals surface area contributed by atoms with Gasteiger partial charge in [-0.25, -0.2) is 9.97 Å². The van der Waals surface area contributed by atoms with Crippen molar-refractivity contribution in [3.05, 3.63) is 35.7 Å². The van der Waals surface area contributed by atoms with Gasteiger partial charge < -0.3 is 25.4 Å². The van der Waals surface area contributed by atoms with Gasteiger partial charge in [0.25, 0.3) is 5.91 Å². The molecule has 3 N–H and O–H groups in total. The molecule has 164 valence electrons. The SMILES string of the molecule is CNc1cc(Nc2cc(C)cnc2OCCOC)nc2c(C(=O)NC3CCC3)cnn12. The van der Waals surface area contributed by atoms with Crippen LogP contribution in [0.3, 0.4) is 0 Å². The highest BCUT2D eigenvalue weighted by molar-refractivity contribution is 6.00. The molecule has 3 heterocycles. The summed E-state index contributed by atoms with van der Waals surface area (Å²) < 4.78 is 12.4. The van der Waals surface area contributed by atoms with Gasteiger partial charge in [0.05, 0.1) is 12.8 Å². The summed E-state index contributed by atoms with van der Waals surface area (Å²) in [6.07, 6.45) is 6.46. The summed E-state index contributed by atoms with van der Waals surface area (Å²) in [5, 5.41) is 13.8. The Labute approximate surface area is 180 Å². The van der Waals surface area contributed by atoms with Gasteiger partial charge in [0, 0.05) is 32.5 Å². The third-order valence-corrected chi connectivity index (χ3v) is 5.19. The Kier molecular flexibility index (Phi) is 6.17. The highest BCUT2D eigenvalue weighted by Gasteiger charge is 2.23. The summed E-state index contributed by atoms with van der Waals surface area (Å²) in [5.74, 6) is 1.52. The minimum Gasteiger partial charge on any atom is -0.474 e. The number of carbonyl (C=O) groups excluding carboxylic acids is 1. The van der Waals surface area contributed by atoms with Crippen LogP contribution in [0.15, 0.2) is 24.5 Å². The molecule has 0 radical (unpaired) electrons. The Bertz CT molecular complexity index is 1080. The number of aromatic nitrogens is 4. The second-order valence-corrected chi connectivity index (χ2v) is 7.50. The molecule has 1 saturated carbocycles. The molecule has 1 fully saturated rings. The van der Waals surface area contributed by atoms with Gasteiger partial charge in [0.1, 0.15) is 29.5 Å². The number of pyridine rings is 1. The monoisotopic (exact) mass is 425 g/mol. The predicted molar refractivity (Wildman–Crippen MR) is 117 cm³/mol. The first-order valence-corrected chi connectivity index (χ1v) is 10.3. The summed E-state index contributed by atoms with van der Waals surface area (Å²) >= 11 is 0. The molecule has 10 nitrogen and oxygen atoms in total. The second kappa shape index (κ2) is 9.17. The summed E-state index contributed by atoms with van der Waals surface area (Å²) in [5.41, 5.74) is 2.55. The number of amides is 1. The molecule has 4 rings (SSSR count). The van der Waals surface area contributed by atoms with Crippen molar-refractivity contribution in [3.63, 3.8) is 0 Å². The van der Waals surface area contributed by atoms with Crippen molar-refractivity contribution in [2.24, 2.45) is 0 Å². The van der Waals surface area contributed by atoms with Crippen molar-refractivity contribution < 1.29 is 14.3 Å². The third kappa shape index (κ3) is 4.53. The van der Waals surface area contributed by atoms with Crippen molar-refractivity contribution in [2.45, 2.75) is 32.2 Å². The van der Waals surface area contributed by atoms with Gasteiger partial charge in [0.15, 0.2) is 5.65 Å². The van der Waals surface area contributed by atoms with Crippen molar-refractivity contribution in [3.8, 4) is 5.88 Å². The van der Waals surface area contributed by atoms with Gasteiger partial charge in [0.2, 0.25) is 5.88 Å². The molecule has 0 aromatic carbocycles.